The second-order valence-electron chi connectivity index (χ2n) is 3.76. The Morgan fingerprint density at radius 3 is 2.61 bits per heavy atom. The van der Waals surface area contributed by atoms with Gasteiger partial charge >= 0.3 is 0 Å². The van der Waals surface area contributed by atoms with Crippen LogP contribution in [0.4, 0.5) is 0 Å². The molecule has 0 radical (unpaired) electrons. The quantitative estimate of drug-likeness (QED) is 0.515. The smallest absolute Gasteiger partial charge is 0.229 e. The maximum Gasteiger partial charge on any atom is 0.229 e. The summed E-state index contributed by atoms with van der Waals surface area (Å²) in [6.07, 6.45) is 0.656. The molecule has 1 saturated heterocycles. The highest BCUT2D eigenvalue weighted by Gasteiger charge is 2.28. The third kappa shape index (κ3) is 2.85. The highest BCUT2D eigenvalue weighted by molar-refractivity contribution is 7.99. The third-order valence-electron chi connectivity index (χ3n) is 2.54. The van der Waals surface area contributed by atoms with Gasteiger partial charge in [-0.3, -0.25) is 14.5 Å². The summed E-state index contributed by atoms with van der Waals surface area (Å²) in [7, 11) is 0. The predicted molar refractivity (Wildman–Crippen MR) is 63.5 cm³/mol. The van der Waals surface area contributed by atoms with Crippen molar-refractivity contribution in [2.75, 3.05) is 18.8 Å². The molecule has 0 aliphatic carbocycles. The number of amides is 2. The molecule has 0 unspecified atom stereocenters. The van der Waals surface area contributed by atoms with Gasteiger partial charge in [-0.2, -0.15) is 0 Å². The Kier molecular flexibility index (Phi) is 4.26. The van der Waals surface area contributed by atoms with Crippen molar-refractivity contribution < 1.29 is 9.59 Å². The Morgan fingerprint density at radius 2 is 1.94 bits per heavy atom. The van der Waals surface area contributed by atoms with Crippen LogP contribution in [-0.2, 0) is 16.1 Å². The Labute approximate surface area is 108 Å². The SMILES string of the molecule is NCCn1nnnc1SCCN1C(=O)CCC1=O. The molecule has 1 aromatic rings. The first kappa shape index (κ1) is 13.0. The Morgan fingerprint density at radius 1 is 1.22 bits per heavy atom. The van der Waals surface area contributed by atoms with Crippen molar-refractivity contribution in [3.8, 4) is 0 Å². The summed E-state index contributed by atoms with van der Waals surface area (Å²) in [5.74, 6) is 0.395. The lowest BCUT2D eigenvalue weighted by Gasteiger charge is -2.12. The van der Waals surface area contributed by atoms with Crippen molar-refractivity contribution in [3.63, 3.8) is 0 Å². The molecule has 1 aliphatic heterocycles. The highest BCUT2D eigenvalue weighted by Crippen LogP contribution is 2.16. The van der Waals surface area contributed by atoms with E-state index in [0.717, 1.165) is 0 Å². The summed E-state index contributed by atoms with van der Waals surface area (Å²) in [4.78, 5) is 24.1. The first-order valence-electron chi connectivity index (χ1n) is 5.64. The van der Waals surface area contributed by atoms with Gasteiger partial charge in [0.15, 0.2) is 0 Å². The number of imide groups is 1. The number of hydrogen-bond acceptors (Lipinski definition) is 7. The summed E-state index contributed by atoms with van der Waals surface area (Å²) < 4.78 is 1.61. The van der Waals surface area contributed by atoms with Crippen LogP contribution in [0.25, 0.3) is 0 Å². The highest BCUT2D eigenvalue weighted by atomic mass is 32.2. The molecule has 2 amide bonds. The van der Waals surface area contributed by atoms with Gasteiger partial charge in [-0.15, -0.1) is 5.10 Å². The zero-order valence-electron chi connectivity index (χ0n) is 9.78. The van der Waals surface area contributed by atoms with Crippen LogP contribution in [0, 0.1) is 0 Å². The van der Waals surface area contributed by atoms with Gasteiger partial charge in [0, 0.05) is 31.7 Å². The van der Waals surface area contributed by atoms with Crippen molar-refractivity contribution in [1.29, 1.82) is 0 Å². The van der Waals surface area contributed by atoms with Crippen LogP contribution < -0.4 is 5.73 Å². The average molecular weight is 270 g/mol. The number of nitrogens with two attached hydrogens (primary N) is 1. The minimum atomic E-state index is -0.0952. The van der Waals surface area contributed by atoms with Crippen LogP contribution >= 0.6 is 11.8 Å². The number of tetrazole rings is 1. The molecule has 0 spiro atoms. The van der Waals surface area contributed by atoms with Gasteiger partial charge in [0.2, 0.25) is 17.0 Å². The molecule has 0 aromatic carbocycles. The molecule has 2 heterocycles. The van der Waals surface area contributed by atoms with Crippen molar-refractivity contribution in [2.24, 2.45) is 5.73 Å². The van der Waals surface area contributed by atoms with Gasteiger partial charge < -0.3 is 5.73 Å². The van der Waals surface area contributed by atoms with Crippen LogP contribution in [0.2, 0.25) is 0 Å². The summed E-state index contributed by atoms with van der Waals surface area (Å²) in [6, 6.07) is 0. The molecule has 2 rings (SSSR count). The molecule has 9 heteroatoms. The number of carbonyl (C=O) groups excluding carboxylic acids is 2. The van der Waals surface area contributed by atoms with Crippen molar-refractivity contribution in [2.45, 2.75) is 24.5 Å². The Bertz CT molecular complexity index is 432. The standard InChI is InChI=1S/C9H14N6O2S/c10-3-4-15-9(11-12-13-15)18-6-5-14-7(16)1-2-8(14)17/h1-6,10H2. The molecular weight excluding hydrogens is 256 g/mol. The van der Waals surface area contributed by atoms with Crippen molar-refractivity contribution >= 4 is 23.6 Å². The average Bonchev–Trinajstić information content (AvgIpc) is 2.91. The van der Waals surface area contributed by atoms with E-state index in [1.54, 1.807) is 4.68 Å². The molecule has 1 aromatic heterocycles. The van der Waals surface area contributed by atoms with Gasteiger partial charge in [0.05, 0.1) is 6.54 Å². The largest absolute Gasteiger partial charge is 0.329 e. The fraction of sp³-hybridized carbons (Fsp3) is 0.667. The maximum atomic E-state index is 11.4. The van der Waals surface area contributed by atoms with E-state index in [4.69, 9.17) is 5.73 Å². The maximum absolute atomic E-state index is 11.4. The first-order valence-corrected chi connectivity index (χ1v) is 6.63. The number of aromatic nitrogens is 4. The van der Waals surface area contributed by atoms with Crippen LogP contribution in [0.3, 0.4) is 0 Å². The van der Waals surface area contributed by atoms with E-state index in [-0.39, 0.29) is 11.8 Å². The van der Waals surface area contributed by atoms with E-state index in [1.807, 2.05) is 0 Å². The Hall–Kier alpha value is -1.48. The summed E-state index contributed by atoms with van der Waals surface area (Å²) in [5, 5.41) is 11.9. The first-order chi connectivity index (χ1) is 8.72. The monoisotopic (exact) mass is 270 g/mol. The number of hydrogen-bond donors (Lipinski definition) is 1. The number of carbonyl (C=O) groups is 2. The molecule has 0 atom stereocenters. The van der Waals surface area contributed by atoms with Crippen molar-refractivity contribution in [1.82, 2.24) is 25.1 Å². The molecular formula is C9H14N6O2S. The van der Waals surface area contributed by atoms with E-state index in [2.05, 4.69) is 15.5 Å². The lowest BCUT2D eigenvalue weighted by atomic mass is 10.4. The molecule has 0 saturated carbocycles. The molecule has 2 N–H and O–H groups in total. The number of thioether (sulfide) groups is 1. The van der Waals surface area contributed by atoms with Gasteiger partial charge in [-0.05, 0) is 10.4 Å². The third-order valence-corrected chi connectivity index (χ3v) is 3.48. The van der Waals surface area contributed by atoms with E-state index in [0.29, 0.717) is 43.4 Å². The minimum Gasteiger partial charge on any atom is -0.329 e. The Balaban J connectivity index is 1.83. The molecule has 1 fully saturated rings. The van der Waals surface area contributed by atoms with E-state index < -0.39 is 0 Å². The van der Waals surface area contributed by atoms with E-state index in [1.165, 1.54) is 16.7 Å². The van der Waals surface area contributed by atoms with E-state index >= 15 is 0 Å². The van der Waals surface area contributed by atoms with Crippen LogP contribution in [-0.4, -0.2) is 55.8 Å². The lowest BCUT2D eigenvalue weighted by molar-refractivity contribution is -0.137. The zero-order valence-corrected chi connectivity index (χ0v) is 10.6. The minimum absolute atomic E-state index is 0.0952. The zero-order chi connectivity index (χ0) is 13.0. The fourth-order valence-corrected chi connectivity index (χ4v) is 2.49. The number of nitrogens with zero attached hydrogens (tertiary/aromatic N) is 5. The van der Waals surface area contributed by atoms with Crippen LogP contribution in [0.5, 0.6) is 0 Å². The van der Waals surface area contributed by atoms with Crippen LogP contribution in [0.15, 0.2) is 5.16 Å². The predicted octanol–water partition coefficient (Wildman–Crippen LogP) is -1.13. The number of rotatable bonds is 6. The molecule has 0 bridgehead atoms. The fourth-order valence-electron chi connectivity index (χ4n) is 1.66. The van der Waals surface area contributed by atoms with E-state index in [9.17, 15) is 9.59 Å². The van der Waals surface area contributed by atoms with Crippen LogP contribution in [0.1, 0.15) is 12.8 Å². The van der Waals surface area contributed by atoms with Gasteiger partial charge in [0.25, 0.3) is 0 Å². The lowest BCUT2D eigenvalue weighted by Crippen LogP contribution is -2.31. The molecule has 98 valence electrons. The van der Waals surface area contributed by atoms with Gasteiger partial charge in [-0.1, -0.05) is 11.8 Å². The second kappa shape index (κ2) is 5.91. The van der Waals surface area contributed by atoms with Gasteiger partial charge in [-0.25, -0.2) is 4.68 Å². The molecule has 8 nitrogen and oxygen atoms in total. The summed E-state index contributed by atoms with van der Waals surface area (Å²) in [5.41, 5.74) is 5.43. The van der Waals surface area contributed by atoms with Gasteiger partial charge in [0.1, 0.15) is 0 Å². The normalized spacial score (nSPS) is 15.7. The topological polar surface area (TPSA) is 107 Å². The summed E-state index contributed by atoms with van der Waals surface area (Å²) >= 11 is 1.41. The summed E-state index contributed by atoms with van der Waals surface area (Å²) in [6.45, 7) is 1.41. The van der Waals surface area contributed by atoms with Crippen molar-refractivity contribution in [3.05, 3.63) is 0 Å². The second-order valence-corrected chi connectivity index (χ2v) is 4.82. The number of likely N-dealkylation sites (tertiary alicyclic amines) is 1. The molecule has 1 aliphatic rings. The molecule has 18 heavy (non-hydrogen) atoms.